The highest BCUT2D eigenvalue weighted by Crippen LogP contribution is 2.36. The Morgan fingerprint density at radius 3 is 1.85 bits per heavy atom. The lowest BCUT2D eigenvalue weighted by Gasteiger charge is -2.31. The summed E-state index contributed by atoms with van der Waals surface area (Å²) in [5.41, 5.74) is 3.45. The van der Waals surface area contributed by atoms with Gasteiger partial charge in [0.05, 0.1) is 6.42 Å². The third kappa shape index (κ3) is 4.94. The zero-order valence-electron chi connectivity index (χ0n) is 16.6. The molecule has 0 fully saturated rings. The highest BCUT2D eigenvalue weighted by atomic mass is 19.1. The van der Waals surface area contributed by atoms with Crippen LogP contribution in [0.4, 0.5) is 4.39 Å². The predicted octanol–water partition coefficient (Wildman–Crippen LogP) is 6.61. The average molecular weight is 358 g/mol. The normalized spacial score (nSPS) is 10.8. The van der Waals surface area contributed by atoms with Gasteiger partial charge in [0.2, 0.25) is 0 Å². The summed E-state index contributed by atoms with van der Waals surface area (Å²) in [6.07, 6.45) is 2.99. The van der Waals surface area contributed by atoms with Gasteiger partial charge in [-0.15, -0.1) is 0 Å². The Morgan fingerprint density at radius 2 is 1.42 bits per heavy atom. The molecule has 2 rings (SSSR count). The smallest absolute Gasteiger partial charge is 0.307 e. The lowest BCUT2D eigenvalue weighted by molar-refractivity contribution is -0.136. The molecule has 0 saturated carbocycles. The number of aliphatic carboxylic acids is 1. The number of hydrogen-bond donors (Lipinski definition) is 1. The maximum Gasteiger partial charge on any atom is 0.307 e. The first-order chi connectivity index (χ1) is 12.5. The SMILES string of the molecule is CC.CCC(CC)(CC)c1ccc(-c2ccc(CC(=O)O)c(F)c2)cc1. The van der Waals surface area contributed by atoms with Gasteiger partial charge in [-0.1, -0.05) is 71.0 Å². The number of hydrogen-bond acceptors (Lipinski definition) is 1. The van der Waals surface area contributed by atoms with Crippen LogP contribution in [0.1, 0.15) is 65.0 Å². The lowest BCUT2D eigenvalue weighted by atomic mass is 9.73. The highest BCUT2D eigenvalue weighted by Gasteiger charge is 2.25. The minimum absolute atomic E-state index is 0.203. The number of rotatable bonds is 7. The van der Waals surface area contributed by atoms with Crippen LogP contribution in [0.3, 0.4) is 0 Å². The van der Waals surface area contributed by atoms with Gasteiger partial charge >= 0.3 is 5.97 Å². The minimum Gasteiger partial charge on any atom is -0.481 e. The fourth-order valence-electron chi connectivity index (χ4n) is 3.41. The molecular weight excluding hydrogens is 327 g/mol. The quantitative estimate of drug-likeness (QED) is 0.604. The summed E-state index contributed by atoms with van der Waals surface area (Å²) in [7, 11) is 0. The van der Waals surface area contributed by atoms with Gasteiger partial charge < -0.3 is 5.11 Å². The summed E-state index contributed by atoms with van der Waals surface area (Å²) in [5, 5.41) is 8.79. The Kier molecular flexibility index (Phi) is 8.50. The minimum atomic E-state index is -1.03. The van der Waals surface area contributed by atoms with Crippen molar-refractivity contribution in [2.24, 2.45) is 0 Å². The van der Waals surface area contributed by atoms with Gasteiger partial charge in [-0.25, -0.2) is 4.39 Å². The zero-order chi connectivity index (χ0) is 19.7. The molecule has 1 N–H and O–H groups in total. The predicted molar refractivity (Wildman–Crippen MR) is 107 cm³/mol. The van der Waals surface area contributed by atoms with Crippen molar-refractivity contribution in [1.29, 1.82) is 0 Å². The van der Waals surface area contributed by atoms with Crippen molar-refractivity contribution in [3.63, 3.8) is 0 Å². The Labute approximate surface area is 157 Å². The second-order valence-electron chi connectivity index (χ2n) is 6.30. The van der Waals surface area contributed by atoms with Gasteiger partial charge in [-0.05, 0) is 53.0 Å². The second-order valence-corrected chi connectivity index (χ2v) is 6.30. The van der Waals surface area contributed by atoms with E-state index in [4.69, 9.17) is 5.11 Å². The van der Waals surface area contributed by atoms with Crippen LogP contribution in [-0.4, -0.2) is 11.1 Å². The number of carboxylic acids is 1. The molecule has 2 aromatic carbocycles. The fraction of sp³-hybridized carbons (Fsp3) is 0.435. The number of halogens is 1. The van der Waals surface area contributed by atoms with Crippen LogP contribution < -0.4 is 0 Å². The van der Waals surface area contributed by atoms with Crippen LogP contribution in [0.25, 0.3) is 11.1 Å². The van der Waals surface area contributed by atoms with E-state index in [1.807, 2.05) is 26.0 Å². The summed E-state index contributed by atoms with van der Waals surface area (Å²) < 4.78 is 14.1. The molecule has 26 heavy (non-hydrogen) atoms. The fourth-order valence-corrected chi connectivity index (χ4v) is 3.41. The first-order valence-electron chi connectivity index (χ1n) is 9.57. The molecule has 3 heteroatoms. The molecule has 0 aliphatic rings. The van der Waals surface area contributed by atoms with Crippen molar-refractivity contribution in [2.75, 3.05) is 0 Å². The summed E-state index contributed by atoms with van der Waals surface area (Å²) in [6, 6.07) is 13.1. The summed E-state index contributed by atoms with van der Waals surface area (Å²) in [4.78, 5) is 10.7. The maximum absolute atomic E-state index is 14.1. The molecule has 0 saturated heterocycles. The van der Waals surface area contributed by atoms with Crippen molar-refractivity contribution < 1.29 is 14.3 Å². The van der Waals surface area contributed by atoms with Crippen LogP contribution in [0.2, 0.25) is 0 Å². The molecule has 2 aromatic rings. The Bertz CT molecular complexity index is 692. The molecule has 2 nitrogen and oxygen atoms in total. The van der Waals surface area contributed by atoms with E-state index in [9.17, 15) is 9.18 Å². The van der Waals surface area contributed by atoms with E-state index in [-0.39, 0.29) is 17.4 Å². The van der Waals surface area contributed by atoms with Gasteiger partial charge in [0.15, 0.2) is 0 Å². The Balaban J connectivity index is 0.00000163. The van der Waals surface area contributed by atoms with Crippen LogP contribution in [0, 0.1) is 5.82 Å². The van der Waals surface area contributed by atoms with E-state index < -0.39 is 11.8 Å². The van der Waals surface area contributed by atoms with Crippen molar-refractivity contribution >= 4 is 5.97 Å². The van der Waals surface area contributed by atoms with E-state index in [1.54, 1.807) is 12.1 Å². The molecule has 0 unspecified atom stereocenters. The van der Waals surface area contributed by atoms with Gasteiger partial charge in [0.1, 0.15) is 5.82 Å². The van der Waals surface area contributed by atoms with E-state index >= 15 is 0 Å². The topological polar surface area (TPSA) is 37.3 Å². The van der Waals surface area contributed by atoms with E-state index in [2.05, 4.69) is 32.9 Å². The van der Waals surface area contributed by atoms with E-state index in [1.165, 1.54) is 11.6 Å². The van der Waals surface area contributed by atoms with Crippen LogP contribution in [-0.2, 0) is 16.6 Å². The number of benzene rings is 2. The molecule has 0 bridgehead atoms. The molecular formula is C23H31FO2. The third-order valence-corrected chi connectivity index (χ3v) is 5.26. The van der Waals surface area contributed by atoms with Gasteiger partial charge in [-0.2, -0.15) is 0 Å². The van der Waals surface area contributed by atoms with Crippen LogP contribution in [0.5, 0.6) is 0 Å². The van der Waals surface area contributed by atoms with Crippen LogP contribution in [0.15, 0.2) is 42.5 Å². The molecule has 0 aliphatic carbocycles. The molecule has 0 radical (unpaired) electrons. The number of carbonyl (C=O) groups is 1. The molecule has 0 aliphatic heterocycles. The van der Waals surface area contributed by atoms with Gasteiger partial charge in [-0.3, -0.25) is 4.79 Å². The van der Waals surface area contributed by atoms with Crippen molar-refractivity contribution in [3.8, 4) is 11.1 Å². The largest absolute Gasteiger partial charge is 0.481 e. The standard InChI is InChI=1S/C21H25FO2.C2H6/c1-4-21(5-2,6-3)18-11-9-15(10-12-18)16-7-8-17(14-20(23)24)19(22)13-16;1-2/h7-13H,4-6,14H2,1-3H3,(H,23,24);1-2H3. The monoisotopic (exact) mass is 358 g/mol. The average Bonchev–Trinajstić information content (AvgIpc) is 2.67. The van der Waals surface area contributed by atoms with Gasteiger partial charge in [0.25, 0.3) is 0 Å². The van der Waals surface area contributed by atoms with Crippen LogP contribution >= 0.6 is 0 Å². The first-order valence-corrected chi connectivity index (χ1v) is 9.57. The highest BCUT2D eigenvalue weighted by molar-refractivity contribution is 5.71. The summed E-state index contributed by atoms with van der Waals surface area (Å²) in [6.45, 7) is 10.7. The summed E-state index contributed by atoms with van der Waals surface area (Å²) >= 11 is 0. The van der Waals surface area contributed by atoms with E-state index in [0.717, 1.165) is 30.4 Å². The summed E-state index contributed by atoms with van der Waals surface area (Å²) in [5.74, 6) is -1.50. The Hall–Kier alpha value is -2.16. The molecule has 0 heterocycles. The molecule has 0 atom stereocenters. The second kappa shape index (κ2) is 10.1. The first kappa shape index (κ1) is 21.9. The molecule has 0 spiro atoms. The third-order valence-electron chi connectivity index (χ3n) is 5.26. The molecule has 142 valence electrons. The number of carboxylic acid groups (broad SMARTS) is 1. The Morgan fingerprint density at radius 1 is 0.923 bits per heavy atom. The van der Waals surface area contributed by atoms with Gasteiger partial charge in [0, 0.05) is 0 Å². The van der Waals surface area contributed by atoms with Crippen molar-refractivity contribution in [1.82, 2.24) is 0 Å². The zero-order valence-corrected chi connectivity index (χ0v) is 16.6. The van der Waals surface area contributed by atoms with Crippen molar-refractivity contribution in [3.05, 3.63) is 59.4 Å². The maximum atomic E-state index is 14.1. The van der Waals surface area contributed by atoms with E-state index in [0.29, 0.717) is 0 Å². The molecule has 0 aromatic heterocycles. The molecule has 0 amide bonds. The van der Waals surface area contributed by atoms with Crippen molar-refractivity contribution in [2.45, 2.75) is 65.7 Å². The lowest BCUT2D eigenvalue weighted by Crippen LogP contribution is -2.23.